The van der Waals surface area contributed by atoms with Crippen molar-refractivity contribution in [1.29, 1.82) is 0 Å². The first-order valence-corrected chi connectivity index (χ1v) is 16.0. The van der Waals surface area contributed by atoms with E-state index in [4.69, 9.17) is 0 Å². The number of benzene rings is 1. The molecule has 0 spiro atoms. The zero-order chi connectivity index (χ0) is 27.6. The van der Waals surface area contributed by atoms with Crippen LogP contribution in [0, 0.1) is 5.92 Å². The molecule has 2 aromatic rings. The molecule has 4 aliphatic rings. The highest BCUT2D eigenvalue weighted by Crippen LogP contribution is 2.34. The molecule has 1 N–H and O–H groups in total. The van der Waals surface area contributed by atoms with E-state index in [2.05, 4.69) is 58.0 Å². The number of piperidine rings is 2. The monoisotopic (exact) mass is 608 g/mol. The van der Waals surface area contributed by atoms with Gasteiger partial charge in [0.15, 0.2) is 0 Å². The molecule has 0 bridgehead atoms. The van der Waals surface area contributed by atoms with Gasteiger partial charge in [0.2, 0.25) is 0 Å². The minimum atomic E-state index is -0.434. The number of aromatic nitrogens is 2. The molecule has 0 radical (unpaired) electrons. The average molecular weight is 610 g/mol. The number of carbonyl (C=O) groups is 2. The molecule has 3 fully saturated rings. The van der Waals surface area contributed by atoms with E-state index in [1.54, 1.807) is 0 Å². The average Bonchev–Trinajstić information content (AvgIpc) is 3.63. The molecule has 1 unspecified atom stereocenters. The van der Waals surface area contributed by atoms with Gasteiger partial charge in [0.1, 0.15) is 0 Å². The van der Waals surface area contributed by atoms with Gasteiger partial charge in [-0.3, -0.25) is 19.2 Å². The van der Waals surface area contributed by atoms with E-state index in [1.807, 2.05) is 19.2 Å². The quantitative estimate of drug-likeness (QED) is 0.471. The Morgan fingerprint density at radius 2 is 1.75 bits per heavy atom. The van der Waals surface area contributed by atoms with E-state index in [0.717, 1.165) is 59.1 Å². The first-order chi connectivity index (χ1) is 19.5. The zero-order valence-electron chi connectivity index (χ0n) is 23.6. The first-order valence-electron chi connectivity index (χ1n) is 15.2. The Morgan fingerprint density at radius 3 is 2.50 bits per heavy atom. The Bertz CT molecular complexity index is 1310. The van der Waals surface area contributed by atoms with Crippen LogP contribution < -0.4 is 5.32 Å². The van der Waals surface area contributed by atoms with Gasteiger partial charge in [0.25, 0.3) is 11.8 Å². The normalized spacial score (nSPS) is 23.9. The van der Waals surface area contributed by atoms with Gasteiger partial charge >= 0.3 is 0 Å². The molecule has 1 saturated carbocycles. The number of allylic oxidation sites excluding steroid dienone is 1. The van der Waals surface area contributed by atoms with Gasteiger partial charge < -0.3 is 10.2 Å². The van der Waals surface area contributed by atoms with E-state index in [1.165, 1.54) is 58.0 Å². The molecule has 1 atom stereocenters. The minimum absolute atomic E-state index is 0.160. The molecule has 1 aromatic heterocycles. The Hall–Kier alpha value is -2.36. The van der Waals surface area contributed by atoms with Crippen LogP contribution in [-0.2, 0) is 4.79 Å². The largest absolute Gasteiger partial charge is 0.351 e. The predicted molar refractivity (Wildman–Crippen MR) is 162 cm³/mol. The van der Waals surface area contributed by atoms with Crippen LogP contribution in [0.15, 0.2) is 39.4 Å². The van der Waals surface area contributed by atoms with Gasteiger partial charge in [-0.25, -0.2) is 4.99 Å². The second kappa shape index (κ2) is 12.2. The number of aliphatic imine (C=N–C) groups is 1. The van der Waals surface area contributed by atoms with Gasteiger partial charge in [0, 0.05) is 34.7 Å². The molecule has 9 heteroatoms. The Labute approximate surface area is 245 Å². The molecule has 6 rings (SSSR count). The third-order valence-corrected chi connectivity index (χ3v) is 9.82. The first kappa shape index (κ1) is 27.8. The summed E-state index contributed by atoms with van der Waals surface area (Å²) in [6, 6.07) is 4.99. The number of amides is 2. The van der Waals surface area contributed by atoms with Crippen LogP contribution in [0.2, 0.25) is 0 Å². The number of likely N-dealkylation sites (tertiary alicyclic amines) is 2. The van der Waals surface area contributed by atoms with E-state index < -0.39 is 5.92 Å². The van der Waals surface area contributed by atoms with Gasteiger partial charge in [-0.2, -0.15) is 5.10 Å². The van der Waals surface area contributed by atoms with Gasteiger partial charge in [-0.05, 0) is 95.4 Å². The molecule has 1 aliphatic carbocycles. The molecule has 214 valence electrons. The van der Waals surface area contributed by atoms with Crippen molar-refractivity contribution in [2.24, 2.45) is 10.9 Å². The van der Waals surface area contributed by atoms with Crippen molar-refractivity contribution in [2.45, 2.75) is 76.8 Å². The second-order valence-electron chi connectivity index (χ2n) is 12.1. The number of nitrogens with zero attached hydrogens (tertiary/aromatic N) is 5. The number of dihydropyridines is 1. The number of halogens is 1. The van der Waals surface area contributed by atoms with E-state index in [0.29, 0.717) is 17.6 Å². The number of rotatable bonds is 7. The molecular weight excluding hydrogens is 568 g/mol. The number of hydrogen-bond donors (Lipinski definition) is 1. The maximum absolute atomic E-state index is 13.5. The molecule has 4 heterocycles. The lowest BCUT2D eigenvalue weighted by Gasteiger charge is -2.40. The fraction of sp³-hybridized carbons (Fsp3) is 0.613. The standard InChI is InChI=1S/C31H41BrN6O2/c1-21-15-22(20-36-13-9-24(10-14-36)37-11-5-2-6-12-37)27(31(40)35-21)18-33-30(39)26-16-23(32)17-29-28(26)19-34-38(29)25-7-3-4-8-25/h15-17,19,24-25,27H,2-14,18,20H2,1H3,(H,33,39). The lowest BCUT2D eigenvalue weighted by molar-refractivity contribution is -0.120. The number of hydrogen-bond acceptors (Lipinski definition) is 5. The van der Waals surface area contributed by atoms with Crippen molar-refractivity contribution in [3.63, 3.8) is 0 Å². The molecule has 8 nitrogen and oxygen atoms in total. The zero-order valence-corrected chi connectivity index (χ0v) is 25.2. The van der Waals surface area contributed by atoms with Crippen molar-refractivity contribution in [1.82, 2.24) is 24.9 Å². The molecular formula is C31H41BrN6O2. The predicted octanol–water partition coefficient (Wildman–Crippen LogP) is 5.14. The molecule has 2 saturated heterocycles. The van der Waals surface area contributed by atoms with Crippen LogP contribution >= 0.6 is 15.9 Å². The molecule has 40 heavy (non-hydrogen) atoms. The van der Waals surface area contributed by atoms with Crippen LogP contribution in [0.3, 0.4) is 0 Å². The van der Waals surface area contributed by atoms with Crippen LogP contribution in [-0.4, -0.2) is 82.4 Å². The molecule has 3 aliphatic heterocycles. The van der Waals surface area contributed by atoms with E-state index >= 15 is 0 Å². The fourth-order valence-corrected chi connectivity index (χ4v) is 7.64. The van der Waals surface area contributed by atoms with Gasteiger partial charge in [0.05, 0.1) is 29.2 Å². The summed E-state index contributed by atoms with van der Waals surface area (Å²) in [6.45, 7) is 7.46. The summed E-state index contributed by atoms with van der Waals surface area (Å²) >= 11 is 3.61. The van der Waals surface area contributed by atoms with E-state index in [-0.39, 0.29) is 18.4 Å². The summed E-state index contributed by atoms with van der Waals surface area (Å²) < 4.78 is 2.94. The summed E-state index contributed by atoms with van der Waals surface area (Å²) in [5.41, 5.74) is 3.37. The Balaban J connectivity index is 1.12. The molecule has 2 amide bonds. The van der Waals surface area contributed by atoms with Crippen LogP contribution in [0.1, 0.15) is 81.1 Å². The topological polar surface area (TPSA) is 82.8 Å². The lowest BCUT2D eigenvalue weighted by atomic mass is 9.92. The second-order valence-corrected chi connectivity index (χ2v) is 13.0. The molecule has 1 aromatic carbocycles. The maximum Gasteiger partial charge on any atom is 0.254 e. The van der Waals surface area contributed by atoms with Crippen molar-refractivity contribution < 1.29 is 9.59 Å². The van der Waals surface area contributed by atoms with Crippen molar-refractivity contribution in [2.75, 3.05) is 39.3 Å². The van der Waals surface area contributed by atoms with Crippen molar-refractivity contribution in [3.8, 4) is 0 Å². The summed E-state index contributed by atoms with van der Waals surface area (Å²) in [7, 11) is 0. The van der Waals surface area contributed by atoms with Gasteiger partial charge in [-0.1, -0.05) is 35.2 Å². The third kappa shape index (κ3) is 5.97. The summed E-state index contributed by atoms with van der Waals surface area (Å²) in [4.78, 5) is 36.0. The number of fused-ring (bicyclic) bond motifs is 1. The highest BCUT2D eigenvalue weighted by atomic mass is 79.9. The summed E-state index contributed by atoms with van der Waals surface area (Å²) in [6.07, 6.45) is 14.9. The highest BCUT2D eigenvalue weighted by Gasteiger charge is 2.31. The van der Waals surface area contributed by atoms with E-state index in [9.17, 15) is 9.59 Å². The third-order valence-electron chi connectivity index (χ3n) is 9.36. The number of carbonyl (C=O) groups excluding carboxylic acids is 2. The summed E-state index contributed by atoms with van der Waals surface area (Å²) in [5.74, 6) is -0.777. The summed E-state index contributed by atoms with van der Waals surface area (Å²) in [5, 5.41) is 8.60. The highest BCUT2D eigenvalue weighted by molar-refractivity contribution is 9.10. The fourth-order valence-electron chi connectivity index (χ4n) is 7.20. The van der Waals surface area contributed by atoms with Crippen LogP contribution in [0.5, 0.6) is 0 Å². The number of nitrogens with one attached hydrogen (secondary N) is 1. The lowest BCUT2D eigenvalue weighted by Crippen LogP contribution is -2.47. The Kier molecular flexibility index (Phi) is 8.51. The maximum atomic E-state index is 13.5. The minimum Gasteiger partial charge on any atom is -0.351 e. The van der Waals surface area contributed by atoms with Crippen LogP contribution in [0.4, 0.5) is 0 Å². The van der Waals surface area contributed by atoms with Crippen LogP contribution in [0.25, 0.3) is 10.9 Å². The Morgan fingerprint density at radius 1 is 1.00 bits per heavy atom. The SMILES string of the molecule is CC1=NC(=O)C(CNC(=O)c2cc(Br)cc3c2cnn3C2CCCC2)C(CN2CCC(N3CCCCC3)CC2)=C1. The van der Waals surface area contributed by atoms with Crippen molar-refractivity contribution in [3.05, 3.63) is 40.0 Å². The van der Waals surface area contributed by atoms with Crippen molar-refractivity contribution >= 4 is 44.4 Å². The smallest absolute Gasteiger partial charge is 0.254 e. The van der Waals surface area contributed by atoms with Gasteiger partial charge in [-0.15, -0.1) is 0 Å².